The molecule has 0 aliphatic rings. The normalized spacial score (nSPS) is 11.6. The smallest absolute Gasteiger partial charge is 0.246 e. The van der Waals surface area contributed by atoms with Crippen LogP contribution in [0.15, 0.2) is 78.2 Å². The molecule has 0 fully saturated rings. The van der Waals surface area contributed by atoms with Crippen LogP contribution in [0.1, 0.15) is 16.5 Å². The zero-order valence-electron chi connectivity index (χ0n) is 15.4. The number of nitrogens with one attached hydrogen (secondary N) is 3. The molecule has 0 radical (unpaired) electrons. The first-order chi connectivity index (χ1) is 13.7. The highest BCUT2D eigenvalue weighted by Gasteiger charge is 2.21. The van der Waals surface area contributed by atoms with Crippen LogP contribution in [0.25, 0.3) is 0 Å². The van der Waals surface area contributed by atoms with E-state index in [1.165, 1.54) is 4.88 Å². The molecule has 1 unspecified atom stereocenters. The topological polar surface area (TPSA) is 70.2 Å². The van der Waals surface area contributed by atoms with Gasteiger partial charge in [-0.25, -0.2) is 0 Å². The number of hydrogen-bond acceptors (Lipinski definition) is 4. The monoisotopic (exact) mass is 393 g/mol. The summed E-state index contributed by atoms with van der Waals surface area (Å²) in [6.45, 7) is 0.638. The molecule has 0 saturated heterocycles. The number of hydrogen-bond donors (Lipinski definition) is 3. The van der Waals surface area contributed by atoms with Crippen molar-refractivity contribution in [1.82, 2.24) is 10.6 Å². The fraction of sp³-hybridized carbons (Fsp3) is 0.182. The van der Waals surface area contributed by atoms with Gasteiger partial charge in [0.05, 0.1) is 6.54 Å². The van der Waals surface area contributed by atoms with E-state index >= 15 is 0 Å². The van der Waals surface area contributed by atoms with Crippen LogP contribution >= 0.6 is 11.3 Å². The largest absolute Gasteiger partial charge is 0.355 e. The predicted molar refractivity (Wildman–Crippen MR) is 113 cm³/mol. The van der Waals surface area contributed by atoms with Gasteiger partial charge in [-0.2, -0.15) is 0 Å². The zero-order chi connectivity index (χ0) is 19.6. The van der Waals surface area contributed by atoms with E-state index in [1.54, 1.807) is 11.3 Å². The van der Waals surface area contributed by atoms with Gasteiger partial charge in [0.1, 0.15) is 6.04 Å². The molecule has 6 heteroatoms. The van der Waals surface area contributed by atoms with Crippen molar-refractivity contribution >= 4 is 28.8 Å². The van der Waals surface area contributed by atoms with Crippen LogP contribution in [-0.4, -0.2) is 24.9 Å². The van der Waals surface area contributed by atoms with Gasteiger partial charge in [0, 0.05) is 17.1 Å². The lowest BCUT2D eigenvalue weighted by atomic mass is 10.1. The van der Waals surface area contributed by atoms with Crippen LogP contribution in [0.2, 0.25) is 0 Å². The van der Waals surface area contributed by atoms with Crippen molar-refractivity contribution in [3.63, 3.8) is 0 Å². The van der Waals surface area contributed by atoms with Crippen molar-refractivity contribution in [3.8, 4) is 0 Å². The summed E-state index contributed by atoms with van der Waals surface area (Å²) < 4.78 is 0. The van der Waals surface area contributed by atoms with E-state index in [0.717, 1.165) is 17.7 Å². The number of para-hydroxylation sites is 1. The van der Waals surface area contributed by atoms with E-state index in [2.05, 4.69) is 22.0 Å². The Morgan fingerprint density at radius 1 is 0.893 bits per heavy atom. The van der Waals surface area contributed by atoms with Crippen LogP contribution in [-0.2, 0) is 16.0 Å². The Kier molecular flexibility index (Phi) is 7.35. The van der Waals surface area contributed by atoms with Gasteiger partial charge >= 0.3 is 0 Å². The van der Waals surface area contributed by atoms with Crippen LogP contribution in [0.3, 0.4) is 0 Å². The molecule has 28 heavy (non-hydrogen) atoms. The first-order valence-corrected chi connectivity index (χ1v) is 10.0. The Labute approximate surface area is 168 Å². The minimum absolute atomic E-state index is 0.0617. The van der Waals surface area contributed by atoms with Gasteiger partial charge in [0.2, 0.25) is 11.8 Å². The number of carbonyl (C=O) groups is 2. The molecule has 0 bridgehead atoms. The predicted octanol–water partition coefficient (Wildman–Crippen LogP) is 3.38. The number of rotatable bonds is 9. The number of thiophene rings is 1. The van der Waals surface area contributed by atoms with Crippen LogP contribution in [0.4, 0.5) is 5.69 Å². The van der Waals surface area contributed by atoms with Crippen molar-refractivity contribution in [1.29, 1.82) is 0 Å². The molecule has 0 aliphatic carbocycles. The van der Waals surface area contributed by atoms with Gasteiger partial charge in [-0.05, 0) is 35.6 Å². The third-order valence-corrected chi connectivity index (χ3v) is 5.11. The van der Waals surface area contributed by atoms with Crippen molar-refractivity contribution in [2.45, 2.75) is 12.5 Å². The van der Waals surface area contributed by atoms with Gasteiger partial charge in [-0.3, -0.25) is 14.9 Å². The molecule has 3 rings (SSSR count). The second-order valence-electron chi connectivity index (χ2n) is 6.26. The summed E-state index contributed by atoms with van der Waals surface area (Å²) in [7, 11) is 0. The highest BCUT2D eigenvalue weighted by molar-refractivity contribution is 7.09. The Morgan fingerprint density at radius 2 is 1.61 bits per heavy atom. The molecule has 0 spiro atoms. The number of carbonyl (C=O) groups excluding carboxylic acids is 2. The highest BCUT2D eigenvalue weighted by Crippen LogP contribution is 2.16. The molecule has 5 nitrogen and oxygen atoms in total. The molecule has 3 N–H and O–H groups in total. The summed E-state index contributed by atoms with van der Waals surface area (Å²) in [5.41, 5.74) is 1.53. The van der Waals surface area contributed by atoms with Crippen LogP contribution < -0.4 is 16.0 Å². The van der Waals surface area contributed by atoms with Crippen LogP contribution in [0.5, 0.6) is 0 Å². The van der Waals surface area contributed by atoms with Crippen molar-refractivity contribution in [2.24, 2.45) is 0 Å². The third-order valence-electron chi connectivity index (χ3n) is 4.18. The van der Waals surface area contributed by atoms with Crippen LogP contribution in [0, 0.1) is 0 Å². The second kappa shape index (κ2) is 10.4. The van der Waals surface area contributed by atoms with Gasteiger partial charge in [-0.15, -0.1) is 11.3 Å². The number of anilines is 1. The molecule has 2 amide bonds. The maximum Gasteiger partial charge on any atom is 0.246 e. The average Bonchev–Trinajstić information content (AvgIpc) is 3.23. The highest BCUT2D eigenvalue weighted by atomic mass is 32.1. The third kappa shape index (κ3) is 6.04. The summed E-state index contributed by atoms with van der Waals surface area (Å²) in [6, 6.07) is 22.1. The molecule has 1 atom stereocenters. The fourth-order valence-electron chi connectivity index (χ4n) is 2.78. The average molecular weight is 394 g/mol. The second-order valence-corrected chi connectivity index (χ2v) is 7.29. The molecule has 0 saturated carbocycles. The SMILES string of the molecule is O=C(CNC(C(=O)Nc1ccccc1)c1ccccc1)NCCc1cccs1. The summed E-state index contributed by atoms with van der Waals surface area (Å²) in [4.78, 5) is 26.2. The zero-order valence-corrected chi connectivity index (χ0v) is 16.2. The van der Waals surface area contributed by atoms with E-state index in [-0.39, 0.29) is 18.4 Å². The Bertz CT molecular complexity index is 867. The quantitative estimate of drug-likeness (QED) is 0.522. The number of benzene rings is 2. The standard InChI is InChI=1S/C22H23N3O2S/c26-20(23-14-13-19-12-7-15-28-19)16-24-21(17-8-3-1-4-9-17)22(27)25-18-10-5-2-6-11-18/h1-12,15,21,24H,13-14,16H2,(H,23,26)(H,25,27). The Balaban J connectivity index is 1.56. The van der Waals surface area contributed by atoms with Crippen molar-refractivity contribution < 1.29 is 9.59 Å². The van der Waals surface area contributed by atoms with E-state index in [9.17, 15) is 9.59 Å². The van der Waals surface area contributed by atoms with Gasteiger partial charge in [0.15, 0.2) is 0 Å². The first-order valence-electron chi connectivity index (χ1n) is 9.16. The van der Waals surface area contributed by atoms with Crippen molar-refractivity contribution in [3.05, 3.63) is 88.6 Å². The lowest BCUT2D eigenvalue weighted by molar-refractivity contribution is -0.121. The molecule has 1 heterocycles. The van der Waals surface area contributed by atoms with E-state index in [4.69, 9.17) is 0 Å². The summed E-state index contributed by atoms with van der Waals surface area (Å²) in [5.74, 6) is -0.339. The molecule has 0 aliphatic heterocycles. The minimum Gasteiger partial charge on any atom is -0.355 e. The molecule has 1 aromatic heterocycles. The van der Waals surface area contributed by atoms with E-state index in [1.807, 2.05) is 72.1 Å². The minimum atomic E-state index is -0.621. The fourth-order valence-corrected chi connectivity index (χ4v) is 3.49. The van der Waals surface area contributed by atoms with Gasteiger partial charge < -0.3 is 10.6 Å². The maximum atomic E-state index is 12.8. The lowest BCUT2D eigenvalue weighted by Gasteiger charge is -2.19. The van der Waals surface area contributed by atoms with Gasteiger partial charge in [0.25, 0.3) is 0 Å². The molecular weight excluding hydrogens is 370 g/mol. The summed E-state index contributed by atoms with van der Waals surface area (Å²) >= 11 is 1.68. The summed E-state index contributed by atoms with van der Waals surface area (Å²) in [5, 5.41) is 10.9. The first kappa shape index (κ1) is 19.8. The number of amides is 2. The molecular formula is C22H23N3O2S. The summed E-state index contributed by atoms with van der Waals surface area (Å²) in [6.07, 6.45) is 0.806. The Hall–Kier alpha value is -2.96. The Morgan fingerprint density at radius 3 is 2.29 bits per heavy atom. The van der Waals surface area contributed by atoms with E-state index in [0.29, 0.717) is 6.54 Å². The van der Waals surface area contributed by atoms with Gasteiger partial charge in [-0.1, -0.05) is 54.6 Å². The molecule has 144 valence electrons. The molecule has 2 aromatic carbocycles. The van der Waals surface area contributed by atoms with E-state index < -0.39 is 6.04 Å². The molecule has 3 aromatic rings. The lowest BCUT2D eigenvalue weighted by Crippen LogP contribution is -2.40. The maximum absolute atomic E-state index is 12.8. The van der Waals surface area contributed by atoms with Crippen molar-refractivity contribution in [2.75, 3.05) is 18.4 Å².